The first kappa shape index (κ1) is 14.1. The van der Waals surface area contributed by atoms with Crippen molar-refractivity contribution in [3.05, 3.63) is 34.3 Å². The van der Waals surface area contributed by atoms with Gasteiger partial charge in [-0.2, -0.15) is 0 Å². The van der Waals surface area contributed by atoms with Crippen LogP contribution in [0.1, 0.15) is 38.7 Å². The van der Waals surface area contributed by atoms with Gasteiger partial charge in [0.05, 0.1) is 0 Å². The predicted molar refractivity (Wildman–Crippen MR) is 81.8 cm³/mol. The highest BCUT2D eigenvalue weighted by atomic mass is 79.9. The second-order valence-corrected chi connectivity index (χ2v) is 6.49. The Labute approximate surface area is 119 Å². The summed E-state index contributed by atoms with van der Waals surface area (Å²) in [4.78, 5) is 0. The molecule has 0 aromatic heterocycles. The Hall–Kier alpha value is -0.340. The highest BCUT2D eigenvalue weighted by Gasteiger charge is 2.28. The maximum atomic E-state index is 3.70. The van der Waals surface area contributed by atoms with Crippen LogP contribution in [0.2, 0.25) is 0 Å². The molecule has 1 saturated carbocycles. The summed E-state index contributed by atoms with van der Waals surface area (Å²) in [6.45, 7) is 5.67. The van der Waals surface area contributed by atoms with Crippen molar-refractivity contribution in [3.63, 3.8) is 0 Å². The summed E-state index contributed by atoms with van der Waals surface area (Å²) in [5.41, 5.74) is 1.43. The van der Waals surface area contributed by atoms with Gasteiger partial charge in [-0.15, -0.1) is 0 Å². The number of hydrogen-bond acceptors (Lipinski definition) is 1. The number of benzene rings is 1. The van der Waals surface area contributed by atoms with Crippen molar-refractivity contribution in [2.24, 2.45) is 11.8 Å². The summed E-state index contributed by atoms with van der Waals surface area (Å²) in [6, 6.07) is 9.26. The number of rotatable bonds is 5. The third-order valence-corrected chi connectivity index (χ3v) is 4.94. The lowest BCUT2D eigenvalue weighted by Gasteiger charge is -2.25. The molecule has 0 saturated heterocycles. The molecule has 3 unspecified atom stereocenters. The average Bonchev–Trinajstić information content (AvgIpc) is 2.78. The van der Waals surface area contributed by atoms with Gasteiger partial charge < -0.3 is 5.32 Å². The van der Waals surface area contributed by atoms with Crippen molar-refractivity contribution in [2.75, 3.05) is 6.54 Å². The first-order valence-corrected chi connectivity index (χ1v) is 7.96. The first-order chi connectivity index (χ1) is 8.70. The maximum absolute atomic E-state index is 3.70. The largest absolute Gasteiger partial charge is 0.314 e. The zero-order valence-electron chi connectivity index (χ0n) is 11.5. The average molecular weight is 310 g/mol. The Balaban J connectivity index is 2.04. The minimum Gasteiger partial charge on any atom is -0.314 e. The molecule has 2 rings (SSSR count). The van der Waals surface area contributed by atoms with Gasteiger partial charge in [0, 0.05) is 10.5 Å². The van der Waals surface area contributed by atoms with Crippen LogP contribution in [0.4, 0.5) is 0 Å². The van der Waals surface area contributed by atoms with E-state index < -0.39 is 0 Å². The second-order valence-electron chi connectivity index (χ2n) is 5.64. The molecule has 0 radical (unpaired) electrons. The fourth-order valence-electron chi connectivity index (χ4n) is 3.19. The van der Waals surface area contributed by atoms with Crippen LogP contribution >= 0.6 is 15.9 Å². The van der Waals surface area contributed by atoms with Gasteiger partial charge in [-0.1, -0.05) is 54.4 Å². The van der Waals surface area contributed by atoms with Gasteiger partial charge in [-0.05, 0) is 49.3 Å². The van der Waals surface area contributed by atoms with Crippen molar-refractivity contribution in [1.82, 2.24) is 5.32 Å². The van der Waals surface area contributed by atoms with Crippen LogP contribution in [0.5, 0.6) is 0 Å². The zero-order valence-corrected chi connectivity index (χ0v) is 13.0. The lowest BCUT2D eigenvalue weighted by Crippen LogP contribution is -2.37. The third-order valence-electron chi connectivity index (χ3n) is 4.17. The normalized spacial score (nSPS) is 25.3. The second kappa shape index (κ2) is 6.72. The molecule has 18 heavy (non-hydrogen) atoms. The molecular formula is C16H24BrN. The van der Waals surface area contributed by atoms with E-state index >= 15 is 0 Å². The maximum Gasteiger partial charge on any atom is 0.0207 e. The molecular weight excluding hydrogens is 286 g/mol. The Kier molecular flexibility index (Phi) is 5.25. The molecule has 0 amide bonds. The van der Waals surface area contributed by atoms with Gasteiger partial charge in [0.1, 0.15) is 0 Å². The Morgan fingerprint density at radius 1 is 1.33 bits per heavy atom. The van der Waals surface area contributed by atoms with E-state index in [2.05, 4.69) is 59.4 Å². The molecule has 1 aromatic rings. The van der Waals surface area contributed by atoms with Gasteiger partial charge in [-0.3, -0.25) is 0 Å². The standard InChI is InChI=1S/C16H24BrN/c1-3-18-16(14-9-8-12(2)10-14)11-13-6-4-5-7-15(13)17/h4-7,12,14,16,18H,3,8-11H2,1-2H3. The quantitative estimate of drug-likeness (QED) is 0.849. The van der Waals surface area contributed by atoms with Gasteiger partial charge in [0.15, 0.2) is 0 Å². The molecule has 2 heteroatoms. The molecule has 1 aromatic carbocycles. The summed E-state index contributed by atoms with van der Waals surface area (Å²) < 4.78 is 1.25. The van der Waals surface area contributed by atoms with E-state index in [0.717, 1.165) is 24.8 Å². The Morgan fingerprint density at radius 3 is 2.72 bits per heavy atom. The summed E-state index contributed by atoms with van der Waals surface area (Å²) >= 11 is 3.67. The van der Waals surface area contributed by atoms with E-state index in [1.165, 1.54) is 29.3 Å². The van der Waals surface area contributed by atoms with Crippen LogP contribution in [0.15, 0.2) is 28.7 Å². The van der Waals surface area contributed by atoms with Crippen molar-refractivity contribution >= 4 is 15.9 Å². The zero-order chi connectivity index (χ0) is 13.0. The van der Waals surface area contributed by atoms with Crippen molar-refractivity contribution in [3.8, 4) is 0 Å². The molecule has 1 fully saturated rings. The Morgan fingerprint density at radius 2 is 2.11 bits per heavy atom. The smallest absolute Gasteiger partial charge is 0.0207 e. The van der Waals surface area contributed by atoms with Crippen LogP contribution in [0.25, 0.3) is 0 Å². The minimum atomic E-state index is 0.638. The van der Waals surface area contributed by atoms with E-state index in [-0.39, 0.29) is 0 Å². The van der Waals surface area contributed by atoms with Crippen LogP contribution in [-0.4, -0.2) is 12.6 Å². The van der Waals surface area contributed by atoms with Gasteiger partial charge in [0.2, 0.25) is 0 Å². The first-order valence-electron chi connectivity index (χ1n) is 7.17. The van der Waals surface area contributed by atoms with Gasteiger partial charge in [-0.25, -0.2) is 0 Å². The molecule has 1 aliphatic rings. The number of hydrogen-bond donors (Lipinski definition) is 1. The Bertz CT molecular complexity index is 377. The molecule has 1 N–H and O–H groups in total. The van der Waals surface area contributed by atoms with E-state index in [9.17, 15) is 0 Å². The number of likely N-dealkylation sites (N-methyl/N-ethyl adjacent to an activating group) is 1. The van der Waals surface area contributed by atoms with Crippen molar-refractivity contribution in [1.29, 1.82) is 0 Å². The number of nitrogens with one attached hydrogen (secondary N) is 1. The van der Waals surface area contributed by atoms with Crippen molar-refractivity contribution in [2.45, 2.75) is 45.6 Å². The molecule has 0 bridgehead atoms. The molecule has 0 aliphatic heterocycles. The van der Waals surface area contributed by atoms with Crippen LogP contribution < -0.4 is 5.32 Å². The molecule has 0 spiro atoms. The van der Waals surface area contributed by atoms with Gasteiger partial charge in [0.25, 0.3) is 0 Å². The molecule has 3 atom stereocenters. The van der Waals surface area contributed by atoms with Crippen molar-refractivity contribution < 1.29 is 0 Å². The SMILES string of the molecule is CCNC(Cc1ccccc1Br)C1CCC(C)C1. The van der Waals surface area contributed by atoms with E-state index in [4.69, 9.17) is 0 Å². The highest BCUT2D eigenvalue weighted by Crippen LogP contribution is 2.34. The number of halogens is 1. The molecule has 1 aliphatic carbocycles. The van der Waals surface area contributed by atoms with E-state index in [1.807, 2.05) is 0 Å². The third kappa shape index (κ3) is 3.58. The predicted octanol–water partition coefficient (Wildman–Crippen LogP) is 4.41. The van der Waals surface area contributed by atoms with Crippen LogP contribution in [0, 0.1) is 11.8 Å². The van der Waals surface area contributed by atoms with Crippen LogP contribution in [-0.2, 0) is 6.42 Å². The summed E-state index contributed by atoms with van der Waals surface area (Å²) in [7, 11) is 0. The highest BCUT2D eigenvalue weighted by molar-refractivity contribution is 9.10. The monoisotopic (exact) mass is 309 g/mol. The summed E-state index contributed by atoms with van der Waals surface area (Å²) in [5.74, 6) is 1.77. The summed E-state index contributed by atoms with van der Waals surface area (Å²) in [6.07, 6.45) is 5.33. The molecule has 1 nitrogen and oxygen atoms in total. The van der Waals surface area contributed by atoms with Gasteiger partial charge >= 0.3 is 0 Å². The molecule has 100 valence electrons. The van der Waals surface area contributed by atoms with Crippen LogP contribution in [0.3, 0.4) is 0 Å². The lowest BCUT2D eigenvalue weighted by molar-refractivity contribution is 0.353. The fourth-order valence-corrected chi connectivity index (χ4v) is 3.63. The minimum absolute atomic E-state index is 0.638. The van der Waals surface area contributed by atoms with E-state index in [1.54, 1.807) is 0 Å². The summed E-state index contributed by atoms with van der Waals surface area (Å²) in [5, 5.41) is 3.70. The van der Waals surface area contributed by atoms with E-state index in [0.29, 0.717) is 6.04 Å². The lowest BCUT2D eigenvalue weighted by atomic mass is 9.91. The molecule has 0 heterocycles. The fraction of sp³-hybridized carbons (Fsp3) is 0.625. The topological polar surface area (TPSA) is 12.0 Å².